The number of hydrogen-bond acceptors (Lipinski definition) is 2. The first-order valence-corrected chi connectivity index (χ1v) is 5.13. The fraction of sp³-hybridized carbons (Fsp3) is 0.154. The predicted molar refractivity (Wildman–Crippen MR) is 61.1 cm³/mol. The van der Waals surface area contributed by atoms with E-state index in [1.54, 1.807) is 18.4 Å². The highest BCUT2D eigenvalue weighted by Gasteiger charge is 2.06. The van der Waals surface area contributed by atoms with Crippen LogP contribution < -0.4 is 5.32 Å². The molecule has 0 unspecified atom stereocenters. The Morgan fingerprint density at radius 3 is 2.62 bits per heavy atom. The molecule has 3 heteroatoms. The maximum absolute atomic E-state index is 11.7. The molecule has 1 aromatic heterocycles. The first kappa shape index (κ1) is 10.5. The van der Waals surface area contributed by atoms with Gasteiger partial charge in [-0.3, -0.25) is 4.79 Å². The van der Waals surface area contributed by atoms with Crippen LogP contribution in [0.15, 0.2) is 47.1 Å². The molecule has 0 saturated heterocycles. The number of rotatable bonds is 3. The molecule has 0 aliphatic heterocycles. The van der Waals surface area contributed by atoms with E-state index in [1.165, 1.54) is 0 Å². The Balaban J connectivity index is 1.97. The van der Waals surface area contributed by atoms with Crippen LogP contribution in [0, 0.1) is 6.92 Å². The van der Waals surface area contributed by atoms with E-state index in [1.807, 2.05) is 31.2 Å². The van der Waals surface area contributed by atoms with E-state index in [4.69, 9.17) is 4.42 Å². The Hall–Kier alpha value is -2.03. The second-order valence-corrected chi connectivity index (χ2v) is 3.58. The SMILES string of the molecule is Cc1ccoc1CNC(=O)c1ccccc1. The maximum Gasteiger partial charge on any atom is 0.251 e. The highest BCUT2D eigenvalue weighted by atomic mass is 16.3. The summed E-state index contributed by atoms with van der Waals surface area (Å²) in [4.78, 5) is 11.7. The largest absolute Gasteiger partial charge is 0.467 e. The lowest BCUT2D eigenvalue weighted by Crippen LogP contribution is -2.22. The van der Waals surface area contributed by atoms with Gasteiger partial charge >= 0.3 is 0 Å². The lowest BCUT2D eigenvalue weighted by Gasteiger charge is -2.03. The summed E-state index contributed by atoms with van der Waals surface area (Å²) in [7, 11) is 0. The molecule has 0 aliphatic carbocycles. The molecule has 2 rings (SSSR count). The van der Waals surface area contributed by atoms with Crippen LogP contribution in [0.3, 0.4) is 0 Å². The van der Waals surface area contributed by atoms with Gasteiger partial charge in [-0.05, 0) is 30.7 Å². The van der Waals surface area contributed by atoms with Crippen molar-refractivity contribution >= 4 is 5.91 Å². The van der Waals surface area contributed by atoms with E-state index >= 15 is 0 Å². The van der Waals surface area contributed by atoms with Gasteiger partial charge in [-0.2, -0.15) is 0 Å². The molecule has 0 aliphatic rings. The van der Waals surface area contributed by atoms with Crippen LogP contribution in [-0.2, 0) is 6.54 Å². The molecule has 2 aromatic rings. The Kier molecular flexibility index (Phi) is 3.05. The number of furan rings is 1. The van der Waals surface area contributed by atoms with E-state index in [9.17, 15) is 4.79 Å². The molecular weight excluding hydrogens is 202 g/mol. The van der Waals surface area contributed by atoms with E-state index in [0.717, 1.165) is 11.3 Å². The van der Waals surface area contributed by atoms with Crippen molar-refractivity contribution in [1.29, 1.82) is 0 Å². The third kappa shape index (κ3) is 2.31. The van der Waals surface area contributed by atoms with Crippen LogP contribution >= 0.6 is 0 Å². The van der Waals surface area contributed by atoms with Crippen molar-refractivity contribution in [3.05, 3.63) is 59.5 Å². The van der Waals surface area contributed by atoms with E-state index < -0.39 is 0 Å². The van der Waals surface area contributed by atoms with Crippen molar-refractivity contribution in [1.82, 2.24) is 5.32 Å². The van der Waals surface area contributed by atoms with Gasteiger partial charge in [-0.15, -0.1) is 0 Å². The zero-order valence-electron chi connectivity index (χ0n) is 9.07. The zero-order chi connectivity index (χ0) is 11.4. The minimum Gasteiger partial charge on any atom is -0.467 e. The molecule has 0 atom stereocenters. The van der Waals surface area contributed by atoms with Crippen LogP contribution in [0.2, 0.25) is 0 Å². The summed E-state index contributed by atoms with van der Waals surface area (Å²) in [6.45, 7) is 2.38. The molecule has 1 aromatic carbocycles. The lowest BCUT2D eigenvalue weighted by molar-refractivity contribution is 0.0948. The smallest absolute Gasteiger partial charge is 0.251 e. The number of carbonyl (C=O) groups is 1. The maximum atomic E-state index is 11.7. The Labute approximate surface area is 94.1 Å². The molecule has 1 heterocycles. The first-order valence-electron chi connectivity index (χ1n) is 5.13. The van der Waals surface area contributed by atoms with Gasteiger partial charge in [-0.25, -0.2) is 0 Å². The monoisotopic (exact) mass is 215 g/mol. The summed E-state index contributed by atoms with van der Waals surface area (Å²) in [5.41, 5.74) is 1.71. The molecule has 0 spiro atoms. The summed E-state index contributed by atoms with van der Waals surface area (Å²) >= 11 is 0. The number of aryl methyl sites for hydroxylation is 1. The molecule has 1 N–H and O–H groups in total. The second kappa shape index (κ2) is 4.66. The number of hydrogen-bond donors (Lipinski definition) is 1. The molecule has 3 nitrogen and oxygen atoms in total. The molecule has 0 saturated carbocycles. The van der Waals surface area contributed by atoms with Crippen molar-refractivity contribution in [3.8, 4) is 0 Å². The number of benzene rings is 1. The van der Waals surface area contributed by atoms with Crippen molar-refractivity contribution in [3.63, 3.8) is 0 Å². The average Bonchev–Trinajstić information content (AvgIpc) is 2.73. The third-order valence-electron chi connectivity index (χ3n) is 2.41. The summed E-state index contributed by atoms with van der Waals surface area (Å²) in [6.07, 6.45) is 1.62. The minimum absolute atomic E-state index is 0.0867. The van der Waals surface area contributed by atoms with Gasteiger partial charge in [0.1, 0.15) is 5.76 Å². The molecule has 82 valence electrons. The normalized spacial score (nSPS) is 10.1. The number of nitrogens with one attached hydrogen (secondary N) is 1. The zero-order valence-corrected chi connectivity index (χ0v) is 9.07. The average molecular weight is 215 g/mol. The van der Waals surface area contributed by atoms with Crippen molar-refractivity contribution in [2.45, 2.75) is 13.5 Å². The first-order chi connectivity index (χ1) is 7.77. The fourth-order valence-corrected chi connectivity index (χ4v) is 1.44. The third-order valence-corrected chi connectivity index (χ3v) is 2.41. The Morgan fingerprint density at radius 2 is 2.00 bits per heavy atom. The van der Waals surface area contributed by atoms with Crippen LogP contribution in [0.5, 0.6) is 0 Å². The van der Waals surface area contributed by atoms with Crippen LogP contribution in [0.1, 0.15) is 21.7 Å². The van der Waals surface area contributed by atoms with Crippen molar-refractivity contribution in [2.24, 2.45) is 0 Å². The Morgan fingerprint density at radius 1 is 1.25 bits per heavy atom. The summed E-state index contributed by atoms with van der Waals surface area (Å²) in [6, 6.07) is 11.0. The van der Waals surface area contributed by atoms with Crippen LogP contribution in [0.25, 0.3) is 0 Å². The molecule has 1 amide bonds. The van der Waals surface area contributed by atoms with Crippen molar-refractivity contribution < 1.29 is 9.21 Å². The van der Waals surface area contributed by atoms with E-state index in [-0.39, 0.29) is 5.91 Å². The van der Waals surface area contributed by atoms with E-state index in [2.05, 4.69) is 5.32 Å². The summed E-state index contributed by atoms with van der Waals surface area (Å²) in [5.74, 6) is 0.709. The molecule has 0 fully saturated rings. The molecular formula is C13H13NO2. The minimum atomic E-state index is -0.0867. The summed E-state index contributed by atoms with van der Waals surface area (Å²) in [5, 5.41) is 2.81. The summed E-state index contributed by atoms with van der Waals surface area (Å²) < 4.78 is 5.24. The van der Waals surface area contributed by atoms with Gasteiger partial charge in [0.05, 0.1) is 12.8 Å². The van der Waals surface area contributed by atoms with Crippen LogP contribution in [0.4, 0.5) is 0 Å². The van der Waals surface area contributed by atoms with Gasteiger partial charge in [0.2, 0.25) is 0 Å². The topological polar surface area (TPSA) is 42.2 Å². The highest BCUT2D eigenvalue weighted by Crippen LogP contribution is 2.08. The lowest BCUT2D eigenvalue weighted by atomic mass is 10.2. The molecule has 16 heavy (non-hydrogen) atoms. The van der Waals surface area contributed by atoms with Gasteiger partial charge < -0.3 is 9.73 Å². The van der Waals surface area contributed by atoms with Gasteiger partial charge in [0.25, 0.3) is 5.91 Å². The van der Waals surface area contributed by atoms with Gasteiger partial charge in [0, 0.05) is 5.56 Å². The second-order valence-electron chi connectivity index (χ2n) is 3.58. The highest BCUT2D eigenvalue weighted by molar-refractivity contribution is 5.94. The molecule has 0 bridgehead atoms. The van der Waals surface area contributed by atoms with E-state index in [0.29, 0.717) is 12.1 Å². The van der Waals surface area contributed by atoms with Gasteiger partial charge in [-0.1, -0.05) is 18.2 Å². The molecule has 0 radical (unpaired) electrons. The number of carbonyl (C=O) groups excluding carboxylic acids is 1. The predicted octanol–water partition coefficient (Wildman–Crippen LogP) is 2.52. The Bertz CT molecular complexity index is 474. The number of amides is 1. The van der Waals surface area contributed by atoms with Crippen LogP contribution in [-0.4, -0.2) is 5.91 Å². The fourth-order valence-electron chi connectivity index (χ4n) is 1.44. The standard InChI is InChI=1S/C13H13NO2/c1-10-7-8-16-12(10)9-14-13(15)11-5-3-2-4-6-11/h2-8H,9H2,1H3,(H,14,15). The van der Waals surface area contributed by atoms with Crippen molar-refractivity contribution in [2.75, 3.05) is 0 Å². The quantitative estimate of drug-likeness (QED) is 0.854. The van der Waals surface area contributed by atoms with Gasteiger partial charge in [0.15, 0.2) is 0 Å².